The lowest BCUT2D eigenvalue weighted by atomic mass is 10.1. The number of hydrogen-bond donors (Lipinski definition) is 1. The van der Waals surface area contributed by atoms with E-state index in [0.29, 0.717) is 23.9 Å². The predicted octanol–water partition coefficient (Wildman–Crippen LogP) is 3.09. The van der Waals surface area contributed by atoms with Gasteiger partial charge in [0.25, 0.3) is 0 Å². The molecule has 24 heavy (non-hydrogen) atoms. The van der Waals surface area contributed by atoms with Crippen LogP contribution in [-0.2, 0) is 19.5 Å². The van der Waals surface area contributed by atoms with Crippen LogP contribution >= 0.6 is 0 Å². The molecule has 0 aliphatic carbocycles. The summed E-state index contributed by atoms with van der Waals surface area (Å²) >= 11 is 0. The summed E-state index contributed by atoms with van der Waals surface area (Å²) in [5.74, 6) is 3.11. The fourth-order valence-electron chi connectivity index (χ4n) is 3.15. The van der Waals surface area contributed by atoms with E-state index < -0.39 is 0 Å². The molecule has 0 unspecified atom stereocenters. The van der Waals surface area contributed by atoms with Crippen LogP contribution in [0.4, 0.5) is 4.39 Å². The third-order valence-electron chi connectivity index (χ3n) is 4.50. The van der Waals surface area contributed by atoms with Crippen molar-refractivity contribution >= 4 is 0 Å². The summed E-state index contributed by atoms with van der Waals surface area (Å²) in [5, 5.41) is 11.8. The second kappa shape index (κ2) is 6.20. The Hall–Kier alpha value is -2.47. The summed E-state index contributed by atoms with van der Waals surface area (Å²) < 4.78 is 21.8. The molecule has 1 aliphatic heterocycles. The monoisotopic (exact) mass is 326 g/mol. The summed E-state index contributed by atoms with van der Waals surface area (Å²) in [4.78, 5) is 0. The molecule has 0 amide bonds. The molecule has 5 nitrogen and oxygen atoms in total. The van der Waals surface area contributed by atoms with E-state index in [9.17, 15) is 4.39 Å². The molecule has 124 valence electrons. The van der Waals surface area contributed by atoms with Gasteiger partial charge >= 0.3 is 0 Å². The van der Waals surface area contributed by atoms with Crippen LogP contribution < -0.4 is 5.32 Å². The summed E-state index contributed by atoms with van der Waals surface area (Å²) in [6.45, 7) is 3.47. The van der Waals surface area contributed by atoms with Crippen LogP contribution in [0.15, 0.2) is 40.8 Å². The number of furan rings is 1. The SMILES string of the molecule is Cc1nnc2n1C[C@H](NCc1ccc(-c3ccccc3F)o1)CC2. The molecular formula is C18H19FN4O. The molecule has 0 fully saturated rings. The van der Waals surface area contributed by atoms with Crippen LogP contribution in [0.2, 0.25) is 0 Å². The van der Waals surface area contributed by atoms with Gasteiger partial charge in [-0.2, -0.15) is 0 Å². The second-order valence-electron chi connectivity index (χ2n) is 6.14. The Balaban J connectivity index is 1.41. The van der Waals surface area contributed by atoms with Gasteiger partial charge in [0.05, 0.1) is 12.1 Å². The molecule has 2 aromatic heterocycles. The topological polar surface area (TPSA) is 55.9 Å². The van der Waals surface area contributed by atoms with Gasteiger partial charge in [0.1, 0.15) is 29.0 Å². The van der Waals surface area contributed by atoms with E-state index in [1.165, 1.54) is 6.07 Å². The highest BCUT2D eigenvalue weighted by Gasteiger charge is 2.21. The fraction of sp³-hybridized carbons (Fsp3) is 0.333. The average molecular weight is 326 g/mol. The highest BCUT2D eigenvalue weighted by Crippen LogP contribution is 2.25. The molecule has 3 heterocycles. The van der Waals surface area contributed by atoms with Crippen LogP contribution in [0, 0.1) is 12.7 Å². The third kappa shape index (κ3) is 2.85. The quantitative estimate of drug-likeness (QED) is 0.800. The molecule has 1 N–H and O–H groups in total. The van der Waals surface area contributed by atoms with E-state index in [1.54, 1.807) is 18.2 Å². The molecule has 1 aliphatic rings. The Bertz CT molecular complexity index is 854. The Morgan fingerprint density at radius 2 is 2.12 bits per heavy atom. The highest BCUT2D eigenvalue weighted by atomic mass is 19.1. The van der Waals surface area contributed by atoms with Crippen LogP contribution in [-0.4, -0.2) is 20.8 Å². The Kier molecular flexibility index (Phi) is 3.90. The van der Waals surface area contributed by atoms with Crippen molar-refractivity contribution in [3.05, 3.63) is 59.6 Å². The van der Waals surface area contributed by atoms with E-state index in [0.717, 1.165) is 36.8 Å². The molecular weight excluding hydrogens is 307 g/mol. The second-order valence-corrected chi connectivity index (χ2v) is 6.14. The first-order valence-corrected chi connectivity index (χ1v) is 8.16. The first-order valence-electron chi connectivity index (χ1n) is 8.16. The van der Waals surface area contributed by atoms with Gasteiger partial charge in [0, 0.05) is 19.0 Å². The van der Waals surface area contributed by atoms with Gasteiger partial charge in [0.2, 0.25) is 0 Å². The Labute approximate surface area is 139 Å². The molecule has 6 heteroatoms. The number of benzene rings is 1. The number of rotatable bonds is 4. The van der Waals surface area contributed by atoms with Gasteiger partial charge in [-0.05, 0) is 37.6 Å². The van der Waals surface area contributed by atoms with Gasteiger partial charge < -0.3 is 14.3 Å². The van der Waals surface area contributed by atoms with Gasteiger partial charge in [-0.15, -0.1) is 10.2 Å². The average Bonchev–Trinajstić information content (AvgIpc) is 3.21. The molecule has 0 saturated heterocycles. The molecule has 1 atom stereocenters. The highest BCUT2D eigenvalue weighted by molar-refractivity contribution is 5.58. The number of hydrogen-bond acceptors (Lipinski definition) is 4. The van der Waals surface area contributed by atoms with Crippen molar-refractivity contribution in [3.63, 3.8) is 0 Å². The first-order chi connectivity index (χ1) is 11.7. The lowest BCUT2D eigenvalue weighted by Crippen LogP contribution is -2.37. The van der Waals surface area contributed by atoms with Gasteiger partial charge in [-0.25, -0.2) is 4.39 Å². The van der Waals surface area contributed by atoms with E-state index in [-0.39, 0.29) is 5.82 Å². The third-order valence-corrected chi connectivity index (χ3v) is 4.50. The number of aryl methyl sites for hydroxylation is 2. The number of fused-ring (bicyclic) bond motifs is 1. The summed E-state index contributed by atoms with van der Waals surface area (Å²) in [5.41, 5.74) is 0.492. The maximum absolute atomic E-state index is 13.8. The maximum atomic E-state index is 13.8. The largest absolute Gasteiger partial charge is 0.460 e. The van der Waals surface area contributed by atoms with Crippen molar-refractivity contribution in [3.8, 4) is 11.3 Å². The standard InChI is InChI=1S/C18H19FN4O/c1-12-21-22-18-9-6-13(11-23(12)18)20-10-14-7-8-17(24-14)15-4-2-3-5-16(15)19/h2-5,7-8,13,20H,6,9-11H2,1H3/t13-/m1/s1. The lowest BCUT2D eigenvalue weighted by molar-refractivity contribution is 0.360. The van der Waals surface area contributed by atoms with Crippen LogP contribution in [0.3, 0.4) is 0 Å². The summed E-state index contributed by atoms with van der Waals surface area (Å²) in [6.07, 6.45) is 1.95. The molecule has 0 bridgehead atoms. The van der Waals surface area contributed by atoms with Crippen molar-refractivity contribution in [1.29, 1.82) is 0 Å². The first kappa shape index (κ1) is 15.1. The smallest absolute Gasteiger partial charge is 0.137 e. The maximum Gasteiger partial charge on any atom is 0.137 e. The molecule has 3 aromatic rings. The van der Waals surface area contributed by atoms with Crippen LogP contribution in [0.5, 0.6) is 0 Å². The van der Waals surface area contributed by atoms with Crippen molar-refractivity contribution in [1.82, 2.24) is 20.1 Å². The number of nitrogens with zero attached hydrogens (tertiary/aromatic N) is 3. The minimum absolute atomic E-state index is 0.269. The van der Waals surface area contributed by atoms with Crippen molar-refractivity contribution in [2.45, 2.75) is 38.9 Å². The van der Waals surface area contributed by atoms with Crippen LogP contribution in [0.25, 0.3) is 11.3 Å². The zero-order valence-corrected chi connectivity index (χ0v) is 13.5. The van der Waals surface area contributed by atoms with Crippen molar-refractivity contribution in [2.24, 2.45) is 0 Å². The molecule has 0 saturated carbocycles. The molecule has 4 rings (SSSR count). The molecule has 0 radical (unpaired) electrons. The van der Waals surface area contributed by atoms with Gasteiger partial charge in [-0.3, -0.25) is 0 Å². The summed E-state index contributed by atoms with van der Waals surface area (Å²) in [6, 6.07) is 10.7. The van der Waals surface area contributed by atoms with Crippen molar-refractivity contribution in [2.75, 3.05) is 0 Å². The number of halogens is 1. The fourth-order valence-corrected chi connectivity index (χ4v) is 3.15. The Morgan fingerprint density at radius 1 is 1.25 bits per heavy atom. The summed E-state index contributed by atoms with van der Waals surface area (Å²) in [7, 11) is 0. The minimum Gasteiger partial charge on any atom is -0.460 e. The van der Waals surface area contributed by atoms with Crippen molar-refractivity contribution < 1.29 is 8.81 Å². The zero-order chi connectivity index (χ0) is 16.5. The van der Waals surface area contributed by atoms with E-state index in [1.807, 2.05) is 19.1 Å². The Morgan fingerprint density at radius 3 is 3.00 bits per heavy atom. The zero-order valence-electron chi connectivity index (χ0n) is 13.5. The molecule has 1 aromatic carbocycles. The number of nitrogens with one attached hydrogen (secondary N) is 1. The lowest BCUT2D eigenvalue weighted by Gasteiger charge is -2.24. The van der Waals surface area contributed by atoms with E-state index >= 15 is 0 Å². The van der Waals surface area contributed by atoms with Gasteiger partial charge in [0.15, 0.2) is 0 Å². The predicted molar refractivity (Wildman–Crippen MR) is 87.8 cm³/mol. The normalized spacial score (nSPS) is 17.0. The van der Waals surface area contributed by atoms with Crippen LogP contribution in [0.1, 0.15) is 23.8 Å². The number of aromatic nitrogens is 3. The van der Waals surface area contributed by atoms with E-state index in [4.69, 9.17) is 4.42 Å². The van der Waals surface area contributed by atoms with Gasteiger partial charge in [-0.1, -0.05) is 12.1 Å². The molecule has 0 spiro atoms. The minimum atomic E-state index is -0.269. The van der Waals surface area contributed by atoms with E-state index in [2.05, 4.69) is 20.1 Å².